The molecule has 1 spiro atoms. The fraction of sp³-hybridized carbons (Fsp3) is 0.467. The number of carbonyl (C=O) groups is 2. The van der Waals surface area contributed by atoms with Crippen molar-refractivity contribution in [1.82, 2.24) is 10.2 Å². The van der Waals surface area contributed by atoms with E-state index < -0.39 is 0 Å². The Labute approximate surface area is 112 Å². The highest BCUT2D eigenvalue weighted by Gasteiger charge is 2.48. The molecule has 1 heterocycles. The van der Waals surface area contributed by atoms with Gasteiger partial charge in [0.15, 0.2) is 0 Å². The SMILES string of the molecule is O=C1NCC2(CCCC2)C(=O)N1Cc1ccccc1. The Morgan fingerprint density at radius 3 is 2.47 bits per heavy atom. The zero-order chi connectivity index (χ0) is 13.3. The molecule has 1 aliphatic heterocycles. The maximum Gasteiger partial charge on any atom is 0.324 e. The summed E-state index contributed by atoms with van der Waals surface area (Å²) in [4.78, 5) is 26.0. The molecule has 1 saturated carbocycles. The van der Waals surface area contributed by atoms with Gasteiger partial charge in [-0.15, -0.1) is 0 Å². The number of urea groups is 1. The van der Waals surface area contributed by atoms with Gasteiger partial charge in [-0.05, 0) is 18.4 Å². The van der Waals surface area contributed by atoms with Crippen molar-refractivity contribution in [2.24, 2.45) is 5.41 Å². The smallest absolute Gasteiger partial charge is 0.324 e. The molecule has 0 radical (unpaired) electrons. The molecule has 1 aromatic rings. The van der Waals surface area contributed by atoms with E-state index in [1.165, 1.54) is 4.90 Å². The molecule has 1 aromatic carbocycles. The summed E-state index contributed by atoms with van der Waals surface area (Å²) in [5, 5.41) is 2.88. The number of imide groups is 1. The van der Waals surface area contributed by atoms with Crippen molar-refractivity contribution in [3.8, 4) is 0 Å². The van der Waals surface area contributed by atoms with E-state index in [4.69, 9.17) is 0 Å². The second-order valence-corrected chi connectivity index (χ2v) is 5.52. The lowest BCUT2D eigenvalue weighted by Gasteiger charge is -2.38. The number of amides is 3. The van der Waals surface area contributed by atoms with E-state index in [9.17, 15) is 9.59 Å². The van der Waals surface area contributed by atoms with E-state index in [2.05, 4.69) is 5.32 Å². The van der Waals surface area contributed by atoms with Gasteiger partial charge in [-0.25, -0.2) is 4.79 Å². The standard InChI is InChI=1S/C15H18N2O2/c18-13-15(8-4-5-9-15)11-16-14(19)17(13)10-12-6-2-1-3-7-12/h1-3,6-7H,4-5,8-11H2,(H,16,19). The van der Waals surface area contributed by atoms with Crippen molar-refractivity contribution in [3.63, 3.8) is 0 Å². The van der Waals surface area contributed by atoms with Crippen LogP contribution in [0, 0.1) is 5.41 Å². The van der Waals surface area contributed by atoms with Crippen LogP contribution in [-0.4, -0.2) is 23.4 Å². The first-order chi connectivity index (χ1) is 9.21. The van der Waals surface area contributed by atoms with Gasteiger partial charge in [0.25, 0.3) is 0 Å². The van der Waals surface area contributed by atoms with Gasteiger partial charge in [0.1, 0.15) is 0 Å². The third kappa shape index (κ3) is 2.11. The average Bonchev–Trinajstić information content (AvgIpc) is 2.91. The lowest BCUT2D eigenvalue weighted by molar-refractivity contribution is -0.141. The molecule has 1 N–H and O–H groups in total. The van der Waals surface area contributed by atoms with Gasteiger partial charge in [-0.3, -0.25) is 9.69 Å². The van der Waals surface area contributed by atoms with Crippen molar-refractivity contribution < 1.29 is 9.59 Å². The molecule has 3 amide bonds. The second kappa shape index (κ2) is 4.68. The lowest BCUT2D eigenvalue weighted by atomic mass is 9.83. The molecular weight excluding hydrogens is 240 g/mol. The Hall–Kier alpha value is -1.84. The molecule has 3 rings (SSSR count). The van der Waals surface area contributed by atoms with Gasteiger partial charge in [-0.2, -0.15) is 0 Å². The zero-order valence-corrected chi connectivity index (χ0v) is 10.9. The van der Waals surface area contributed by atoms with E-state index in [1.807, 2.05) is 30.3 Å². The zero-order valence-electron chi connectivity index (χ0n) is 10.9. The summed E-state index contributed by atoms with van der Waals surface area (Å²) in [6.45, 7) is 0.878. The highest BCUT2D eigenvalue weighted by molar-refractivity contribution is 6.00. The van der Waals surface area contributed by atoms with Crippen LogP contribution in [0.1, 0.15) is 31.2 Å². The van der Waals surface area contributed by atoms with E-state index in [1.54, 1.807) is 0 Å². The minimum absolute atomic E-state index is 0.0117. The fourth-order valence-corrected chi connectivity index (χ4v) is 3.15. The van der Waals surface area contributed by atoms with Gasteiger partial charge in [0.05, 0.1) is 12.0 Å². The van der Waals surface area contributed by atoms with Crippen LogP contribution in [0.5, 0.6) is 0 Å². The largest absolute Gasteiger partial charge is 0.337 e. The van der Waals surface area contributed by atoms with Crippen LogP contribution < -0.4 is 5.32 Å². The predicted molar refractivity (Wildman–Crippen MR) is 71.3 cm³/mol. The van der Waals surface area contributed by atoms with Crippen molar-refractivity contribution in [3.05, 3.63) is 35.9 Å². The second-order valence-electron chi connectivity index (χ2n) is 5.52. The van der Waals surface area contributed by atoms with Crippen LogP contribution in [0.25, 0.3) is 0 Å². The maximum absolute atomic E-state index is 12.6. The monoisotopic (exact) mass is 258 g/mol. The summed E-state index contributed by atoms with van der Waals surface area (Å²) in [5.41, 5.74) is 0.656. The molecule has 19 heavy (non-hydrogen) atoms. The summed E-state index contributed by atoms with van der Waals surface area (Å²) >= 11 is 0. The molecule has 0 unspecified atom stereocenters. The van der Waals surface area contributed by atoms with Gasteiger partial charge >= 0.3 is 6.03 Å². The highest BCUT2D eigenvalue weighted by Crippen LogP contribution is 2.41. The van der Waals surface area contributed by atoms with Crippen molar-refractivity contribution in [1.29, 1.82) is 0 Å². The molecule has 4 nitrogen and oxygen atoms in total. The van der Waals surface area contributed by atoms with Gasteiger partial charge in [-0.1, -0.05) is 43.2 Å². The first-order valence-corrected chi connectivity index (χ1v) is 6.85. The average molecular weight is 258 g/mol. The van der Waals surface area contributed by atoms with Crippen molar-refractivity contribution in [2.45, 2.75) is 32.2 Å². The minimum atomic E-state index is -0.331. The number of nitrogens with zero attached hydrogens (tertiary/aromatic N) is 1. The van der Waals surface area contributed by atoms with Crippen molar-refractivity contribution >= 4 is 11.9 Å². The Morgan fingerprint density at radius 1 is 1.11 bits per heavy atom. The number of rotatable bonds is 2. The molecule has 0 bridgehead atoms. The number of hydrogen-bond acceptors (Lipinski definition) is 2. The minimum Gasteiger partial charge on any atom is -0.337 e. The predicted octanol–water partition coefficient (Wildman–Crippen LogP) is 2.30. The van der Waals surface area contributed by atoms with Crippen LogP contribution in [0.4, 0.5) is 4.79 Å². The van der Waals surface area contributed by atoms with Crippen LogP contribution in [0.15, 0.2) is 30.3 Å². The highest BCUT2D eigenvalue weighted by atomic mass is 16.2. The number of hydrogen-bond donors (Lipinski definition) is 1. The number of nitrogens with one attached hydrogen (secondary N) is 1. The summed E-state index contributed by atoms with van der Waals surface area (Å²) in [5.74, 6) is 0.0117. The molecule has 0 atom stereocenters. The fourth-order valence-electron chi connectivity index (χ4n) is 3.15. The summed E-state index contributed by atoms with van der Waals surface area (Å²) in [7, 11) is 0. The molecule has 4 heteroatoms. The van der Waals surface area contributed by atoms with Gasteiger partial charge in [0.2, 0.25) is 5.91 Å². The molecular formula is C15H18N2O2. The summed E-state index contributed by atoms with van der Waals surface area (Å²) < 4.78 is 0. The molecule has 1 saturated heterocycles. The van der Waals surface area contributed by atoms with Gasteiger partial charge in [0, 0.05) is 6.54 Å². The third-order valence-electron chi connectivity index (χ3n) is 4.27. The molecule has 2 aliphatic rings. The Kier molecular flexibility index (Phi) is 3.01. The van der Waals surface area contributed by atoms with Crippen LogP contribution in [-0.2, 0) is 11.3 Å². The van der Waals surface area contributed by atoms with Crippen LogP contribution in [0.3, 0.4) is 0 Å². The quantitative estimate of drug-likeness (QED) is 0.885. The van der Waals surface area contributed by atoms with E-state index in [-0.39, 0.29) is 17.4 Å². The van der Waals surface area contributed by atoms with Crippen LogP contribution in [0.2, 0.25) is 0 Å². The lowest BCUT2D eigenvalue weighted by Crippen LogP contribution is -2.59. The molecule has 2 fully saturated rings. The molecule has 1 aliphatic carbocycles. The Bertz CT molecular complexity index is 492. The summed E-state index contributed by atoms with van der Waals surface area (Å²) in [6, 6.07) is 9.40. The maximum atomic E-state index is 12.6. The Balaban J connectivity index is 1.82. The third-order valence-corrected chi connectivity index (χ3v) is 4.27. The van der Waals surface area contributed by atoms with Gasteiger partial charge < -0.3 is 5.32 Å². The first-order valence-electron chi connectivity index (χ1n) is 6.85. The topological polar surface area (TPSA) is 49.4 Å². The Morgan fingerprint density at radius 2 is 1.79 bits per heavy atom. The van der Waals surface area contributed by atoms with E-state index in [0.29, 0.717) is 13.1 Å². The van der Waals surface area contributed by atoms with E-state index in [0.717, 1.165) is 31.2 Å². The normalized spacial score (nSPS) is 21.8. The first kappa shape index (κ1) is 12.2. The molecule has 100 valence electrons. The van der Waals surface area contributed by atoms with Crippen molar-refractivity contribution in [2.75, 3.05) is 6.54 Å². The number of benzene rings is 1. The van der Waals surface area contributed by atoms with Crippen LogP contribution >= 0.6 is 0 Å². The molecule has 0 aromatic heterocycles. The summed E-state index contributed by atoms with van der Waals surface area (Å²) in [6.07, 6.45) is 3.97. The van der Waals surface area contributed by atoms with E-state index >= 15 is 0 Å². The number of carbonyl (C=O) groups excluding carboxylic acids is 2.